The van der Waals surface area contributed by atoms with E-state index >= 15 is 0 Å². The summed E-state index contributed by atoms with van der Waals surface area (Å²) in [6, 6.07) is 3.03. The largest absolute Gasteiger partial charge is 0.319 e. The van der Waals surface area contributed by atoms with E-state index in [2.05, 4.69) is 10.4 Å². The fourth-order valence-corrected chi connectivity index (χ4v) is 0.730. The molecule has 0 saturated heterocycles. The molecule has 1 heterocycles. The zero-order valence-electron chi connectivity index (χ0n) is 6.50. The van der Waals surface area contributed by atoms with Gasteiger partial charge in [-0.15, -0.1) is 0 Å². The van der Waals surface area contributed by atoms with Gasteiger partial charge in [0.2, 0.25) is 5.95 Å². The number of pyridine rings is 1. The summed E-state index contributed by atoms with van der Waals surface area (Å²) in [4.78, 5) is 3.42. The summed E-state index contributed by atoms with van der Waals surface area (Å²) in [5, 5.41) is 1.73. The maximum atomic E-state index is 12.4. The third-order valence-electron chi connectivity index (χ3n) is 1.08. The summed E-state index contributed by atoms with van der Waals surface area (Å²) in [6.45, 7) is 0. The molecule has 0 unspecified atom stereocenters. The van der Waals surface area contributed by atoms with Gasteiger partial charge in [-0.2, -0.15) is 4.39 Å². The summed E-state index contributed by atoms with van der Waals surface area (Å²) in [6.07, 6.45) is 1.42. The number of hydrogen-bond acceptors (Lipinski definition) is 3. The van der Waals surface area contributed by atoms with Crippen molar-refractivity contribution in [3.8, 4) is 0 Å². The molecule has 11 heavy (non-hydrogen) atoms. The van der Waals surface area contributed by atoms with E-state index in [0.29, 0.717) is 5.69 Å². The van der Waals surface area contributed by atoms with E-state index in [1.165, 1.54) is 12.3 Å². The Bertz CT molecular complexity index is 237. The number of anilines is 1. The van der Waals surface area contributed by atoms with Gasteiger partial charge in [0.05, 0.1) is 5.69 Å². The van der Waals surface area contributed by atoms with Crippen molar-refractivity contribution in [3.05, 3.63) is 24.3 Å². The van der Waals surface area contributed by atoms with Gasteiger partial charge >= 0.3 is 0 Å². The molecule has 0 fully saturated rings. The zero-order valence-corrected chi connectivity index (χ0v) is 6.50. The third-order valence-corrected chi connectivity index (χ3v) is 1.08. The van der Waals surface area contributed by atoms with E-state index in [1.54, 1.807) is 11.1 Å². The molecule has 0 saturated carbocycles. The number of hydrazine groups is 1. The Kier molecular flexibility index (Phi) is 2.38. The number of aromatic nitrogens is 1. The standard InChI is InChI=1S/C7H10FN3/c1-11(2)10-6-3-4-9-7(8)5-6/h3-5H,1-2H3,(H,9,10). The van der Waals surface area contributed by atoms with E-state index in [0.717, 1.165) is 0 Å². The number of rotatable bonds is 2. The highest BCUT2D eigenvalue weighted by atomic mass is 19.1. The van der Waals surface area contributed by atoms with Crippen LogP contribution >= 0.6 is 0 Å². The highest BCUT2D eigenvalue weighted by Gasteiger charge is 1.94. The second-order valence-corrected chi connectivity index (χ2v) is 2.37. The highest BCUT2D eigenvalue weighted by Crippen LogP contribution is 2.05. The first kappa shape index (κ1) is 7.94. The van der Waals surface area contributed by atoms with Gasteiger partial charge in [0.1, 0.15) is 0 Å². The number of halogens is 1. The topological polar surface area (TPSA) is 28.2 Å². The lowest BCUT2D eigenvalue weighted by Crippen LogP contribution is -2.19. The molecular formula is C7H10FN3. The smallest absolute Gasteiger partial charge is 0.214 e. The maximum absolute atomic E-state index is 12.4. The van der Waals surface area contributed by atoms with Crippen molar-refractivity contribution >= 4 is 5.69 Å². The number of nitrogens with one attached hydrogen (secondary N) is 1. The van der Waals surface area contributed by atoms with Crippen molar-refractivity contribution in [2.45, 2.75) is 0 Å². The van der Waals surface area contributed by atoms with Crippen LogP contribution in [0.2, 0.25) is 0 Å². The lowest BCUT2D eigenvalue weighted by Gasteiger charge is -2.12. The normalized spacial score (nSPS) is 10.2. The minimum absolute atomic E-state index is 0.475. The van der Waals surface area contributed by atoms with Crippen LogP contribution in [0.15, 0.2) is 18.3 Å². The Morgan fingerprint density at radius 2 is 2.27 bits per heavy atom. The minimum atomic E-state index is -0.475. The SMILES string of the molecule is CN(C)Nc1ccnc(F)c1. The molecule has 0 spiro atoms. The van der Waals surface area contributed by atoms with E-state index < -0.39 is 5.95 Å². The Morgan fingerprint density at radius 3 is 2.82 bits per heavy atom. The number of nitrogens with zero attached hydrogens (tertiary/aromatic N) is 2. The first-order chi connectivity index (χ1) is 5.18. The summed E-state index contributed by atoms with van der Waals surface area (Å²) < 4.78 is 12.4. The molecule has 1 N–H and O–H groups in total. The van der Waals surface area contributed by atoms with Gasteiger partial charge in [0.25, 0.3) is 0 Å². The molecule has 4 heteroatoms. The molecule has 0 amide bonds. The molecule has 0 aliphatic heterocycles. The van der Waals surface area contributed by atoms with Crippen LogP contribution < -0.4 is 5.43 Å². The molecule has 0 atom stereocenters. The lowest BCUT2D eigenvalue weighted by molar-refractivity contribution is 0.493. The minimum Gasteiger partial charge on any atom is -0.319 e. The third kappa shape index (κ3) is 2.51. The van der Waals surface area contributed by atoms with Gasteiger partial charge in [-0.05, 0) is 6.07 Å². The van der Waals surface area contributed by atoms with Crippen LogP contribution in [0.1, 0.15) is 0 Å². The summed E-state index contributed by atoms with van der Waals surface area (Å²) >= 11 is 0. The van der Waals surface area contributed by atoms with E-state index in [4.69, 9.17) is 0 Å². The first-order valence-electron chi connectivity index (χ1n) is 3.24. The monoisotopic (exact) mass is 155 g/mol. The fourth-order valence-electron chi connectivity index (χ4n) is 0.730. The molecule has 0 bridgehead atoms. The molecule has 0 aromatic carbocycles. The van der Waals surface area contributed by atoms with Crippen LogP contribution in [0.5, 0.6) is 0 Å². The van der Waals surface area contributed by atoms with E-state index in [-0.39, 0.29) is 0 Å². The highest BCUT2D eigenvalue weighted by molar-refractivity contribution is 5.39. The summed E-state index contributed by atoms with van der Waals surface area (Å²) in [5.41, 5.74) is 3.60. The average Bonchev–Trinajstić information content (AvgIpc) is 1.85. The molecule has 1 aromatic heterocycles. The van der Waals surface area contributed by atoms with Crippen LogP contribution in [0, 0.1) is 5.95 Å². The van der Waals surface area contributed by atoms with Gasteiger partial charge in [0.15, 0.2) is 0 Å². The summed E-state index contributed by atoms with van der Waals surface area (Å²) in [5.74, 6) is -0.475. The molecule has 60 valence electrons. The maximum Gasteiger partial charge on any atom is 0.214 e. The molecule has 3 nitrogen and oxygen atoms in total. The van der Waals surface area contributed by atoms with Gasteiger partial charge in [0, 0.05) is 26.4 Å². The second kappa shape index (κ2) is 3.30. The zero-order chi connectivity index (χ0) is 8.27. The van der Waals surface area contributed by atoms with Crippen LogP contribution in [0.4, 0.5) is 10.1 Å². The van der Waals surface area contributed by atoms with Crippen molar-refractivity contribution in [2.24, 2.45) is 0 Å². The van der Waals surface area contributed by atoms with Crippen LogP contribution in [-0.2, 0) is 0 Å². The van der Waals surface area contributed by atoms with E-state index in [9.17, 15) is 4.39 Å². The van der Waals surface area contributed by atoms with Gasteiger partial charge in [-0.3, -0.25) is 0 Å². The molecule has 0 radical (unpaired) electrons. The Hall–Kier alpha value is -1.16. The molecule has 1 aromatic rings. The van der Waals surface area contributed by atoms with E-state index in [1.807, 2.05) is 14.1 Å². The Labute approximate surface area is 64.8 Å². The lowest BCUT2D eigenvalue weighted by atomic mass is 10.4. The quantitative estimate of drug-likeness (QED) is 0.512. The van der Waals surface area contributed by atoms with Crippen molar-refractivity contribution in [1.82, 2.24) is 9.99 Å². The van der Waals surface area contributed by atoms with Gasteiger partial charge < -0.3 is 5.43 Å². The van der Waals surface area contributed by atoms with Crippen LogP contribution in [0.25, 0.3) is 0 Å². The summed E-state index contributed by atoms with van der Waals surface area (Å²) in [7, 11) is 3.66. The van der Waals surface area contributed by atoms with Crippen LogP contribution in [-0.4, -0.2) is 24.1 Å². The number of hydrogen-bond donors (Lipinski definition) is 1. The van der Waals surface area contributed by atoms with Crippen molar-refractivity contribution < 1.29 is 4.39 Å². The second-order valence-electron chi connectivity index (χ2n) is 2.37. The molecule has 0 aliphatic carbocycles. The van der Waals surface area contributed by atoms with Crippen LogP contribution in [0.3, 0.4) is 0 Å². The van der Waals surface area contributed by atoms with Gasteiger partial charge in [-0.25, -0.2) is 9.99 Å². The van der Waals surface area contributed by atoms with Crippen molar-refractivity contribution in [1.29, 1.82) is 0 Å². The van der Waals surface area contributed by atoms with Crippen molar-refractivity contribution in [2.75, 3.05) is 19.5 Å². The molecule has 1 rings (SSSR count). The average molecular weight is 155 g/mol. The Morgan fingerprint density at radius 1 is 1.55 bits per heavy atom. The predicted octanol–water partition coefficient (Wildman–Crippen LogP) is 1.11. The predicted molar refractivity (Wildman–Crippen MR) is 41.5 cm³/mol. The fraction of sp³-hybridized carbons (Fsp3) is 0.286. The first-order valence-corrected chi connectivity index (χ1v) is 3.24. The van der Waals surface area contributed by atoms with Gasteiger partial charge in [-0.1, -0.05) is 0 Å². The Balaban J connectivity index is 2.71. The molecular weight excluding hydrogens is 145 g/mol. The molecule has 0 aliphatic rings. The van der Waals surface area contributed by atoms with Crippen molar-refractivity contribution in [3.63, 3.8) is 0 Å².